The normalized spacial score (nSPS) is 18.3. The Morgan fingerprint density at radius 1 is 1.47 bits per heavy atom. The molecular weight excluding hydrogens is 190 g/mol. The predicted molar refractivity (Wildman–Crippen MR) is 60.3 cm³/mol. The first-order valence-electron chi connectivity index (χ1n) is 5.20. The number of benzene rings is 1. The fourth-order valence-corrected chi connectivity index (χ4v) is 1.63. The van der Waals surface area contributed by atoms with Crippen LogP contribution in [0.25, 0.3) is 0 Å². The van der Waals surface area contributed by atoms with E-state index in [9.17, 15) is 5.11 Å². The van der Waals surface area contributed by atoms with Crippen LogP contribution in [0.4, 0.5) is 5.69 Å². The third-order valence-corrected chi connectivity index (χ3v) is 2.82. The zero-order chi connectivity index (χ0) is 10.9. The van der Waals surface area contributed by atoms with Crippen LogP contribution in [0.1, 0.15) is 12.5 Å². The molecule has 0 aliphatic carbocycles. The van der Waals surface area contributed by atoms with Gasteiger partial charge in [-0.05, 0) is 30.7 Å². The lowest BCUT2D eigenvalue weighted by Gasteiger charge is -2.38. The predicted octanol–water partition coefficient (Wildman–Crippen LogP) is 2.15. The minimum absolute atomic E-state index is 0.270. The molecule has 0 atom stereocenters. The van der Waals surface area contributed by atoms with Crippen molar-refractivity contribution in [2.45, 2.75) is 13.8 Å². The summed E-state index contributed by atoms with van der Waals surface area (Å²) in [7, 11) is 0. The summed E-state index contributed by atoms with van der Waals surface area (Å²) >= 11 is 0. The molecule has 0 unspecified atom stereocenters. The van der Waals surface area contributed by atoms with E-state index in [0.717, 1.165) is 31.0 Å². The first-order chi connectivity index (χ1) is 7.09. The maximum atomic E-state index is 9.38. The number of hydrogen-bond donors (Lipinski definition) is 2. The molecule has 0 amide bonds. The van der Waals surface area contributed by atoms with E-state index in [-0.39, 0.29) is 5.41 Å². The molecule has 0 spiro atoms. The Morgan fingerprint density at radius 3 is 2.73 bits per heavy atom. The fourth-order valence-electron chi connectivity index (χ4n) is 1.63. The summed E-state index contributed by atoms with van der Waals surface area (Å²) in [6.07, 6.45) is 0. The minimum Gasteiger partial charge on any atom is -0.508 e. The molecule has 3 heteroatoms. The topological polar surface area (TPSA) is 41.5 Å². The number of phenolic OH excluding ortho intramolecular Hbond substituents is 1. The van der Waals surface area contributed by atoms with Crippen LogP contribution in [0, 0.1) is 12.3 Å². The monoisotopic (exact) mass is 207 g/mol. The number of aryl methyl sites for hydroxylation is 1. The van der Waals surface area contributed by atoms with Crippen molar-refractivity contribution in [3.05, 3.63) is 23.8 Å². The van der Waals surface area contributed by atoms with Crippen LogP contribution in [0.3, 0.4) is 0 Å². The van der Waals surface area contributed by atoms with Gasteiger partial charge in [-0.25, -0.2) is 0 Å². The molecular formula is C12H17NO2. The molecule has 15 heavy (non-hydrogen) atoms. The van der Waals surface area contributed by atoms with E-state index in [0.29, 0.717) is 5.75 Å². The van der Waals surface area contributed by atoms with E-state index in [1.165, 1.54) is 0 Å². The van der Waals surface area contributed by atoms with Crippen molar-refractivity contribution in [1.29, 1.82) is 0 Å². The number of hydrogen-bond acceptors (Lipinski definition) is 3. The standard InChI is InChI=1S/C12H17NO2/c1-9-5-10(3-4-11(9)14)13-6-12(2)7-15-8-12/h3-5,13-14H,6-8H2,1-2H3. The zero-order valence-electron chi connectivity index (χ0n) is 9.21. The molecule has 2 rings (SSSR count). The summed E-state index contributed by atoms with van der Waals surface area (Å²) in [6.45, 7) is 6.68. The van der Waals surface area contributed by atoms with Gasteiger partial charge in [0, 0.05) is 17.6 Å². The van der Waals surface area contributed by atoms with Crippen LogP contribution in [-0.4, -0.2) is 24.9 Å². The van der Waals surface area contributed by atoms with Gasteiger partial charge in [-0.1, -0.05) is 6.92 Å². The van der Waals surface area contributed by atoms with E-state index >= 15 is 0 Å². The summed E-state index contributed by atoms with van der Waals surface area (Å²) in [4.78, 5) is 0. The van der Waals surface area contributed by atoms with Gasteiger partial charge in [-0.2, -0.15) is 0 Å². The van der Waals surface area contributed by atoms with Gasteiger partial charge in [0.25, 0.3) is 0 Å². The second-order valence-electron chi connectivity index (χ2n) is 4.66. The quantitative estimate of drug-likeness (QED) is 0.746. The van der Waals surface area contributed by atoms with Crippen LogP contribution in [0.2, 0.25) is 0 Å². The van der Waals surface area contributed by atoms with E-state index in [1.807, 2.05) is 19.1 Å². The largest absolute Gasteiger partial charge is 0.508 e. The maximum absolute atomic E-state index is 9.38. The fraction of sp³-hybridized carbons (Fsp3) is 0.500. The second-order valence-corrected chi connectivity index (χ2v) is 4.66. The number of rotatable bonds is 3. The van der Waals surface area contributed by atoms with Crippen molar-refractivity contribution in [2.24, 2.45) is 5.41 Å². The Bertz CT molecular complexity index is 359. The summed E-state index contributed by atoms with van der Waals surface area (Å²) in [5.74, 6) is 0.346. The molecule has 1 fully saturated rings. The van der Waals surface area contributed by atoms with Crippen molar-refractivity contribution in [3.63, 3.8) is 0 Å². The molecule has 1 heterocycles. The molecule has 0 saturated carbocycles. The van der Waals surface area contributed by atoms with Crippen LogP contribution in [0.15, 0.2) is 18.2 Å². The molecule has 1 aliphatic heterocycles. The third-order valence-electron chi connectivity index (χ3n) is 2.82. The molecule has 3 nitrogen and oxygen atoms in total. The summed E-state index contributed by atoms with van der Waals surface area (Å²) in [5, 5.41) is 12.7. The second kappa shape index (κ2) is 3.74. The smallest absolute Gasteiger partial charge is 0.118 e. The molecule has 1 aromatic carbocycles. The van der Waals surface area contributed by atoms with E-state index in [2.05, 4.69) is 12.2 Å². The Kier molecular flexibility index (Phi) is 2.57. The molecule has 0 aromatic heterocycles. The number of ether oxygens (including phenoxy) is 1. The SMILES string of the molecule is Cc1cc(NCC2(C)COC2)ccc1O. The van der Waals surface area contributed by atoms with E-state index in [4.69, 9.17) is 4.74 Å². The van der Waals surface area contributed by atoms with Gasteiger partial charge >= 0.3 is 0 Å². The lowest BCUT2D eigenvalue weighted by atomic mass is 9.88. The molecule has 1 aromatic rings. The lowest BCUT2D eigenvalue weighted by molar-refractivity contribution is -0.0924. The first kappa shape index (κ1) is 10.3. The average Bonchev–Trinajstić information content (AvgIpc) is 2.17. The van der Waals surface area contributed by atoms with Crippen LogP contribution >= 0.6 is 0 Å². The van der Waals surface area contributed by atoms with Crippen molar-refractivity contribution in [3.8, 4) is 5.75 Å². The van der Waals surface area contributed by atoms with Crippen LogP contribution in [0.5, 0.6) is 5.75 Å². The Labute approximate surface area is 90.1 Å². The van der Waals surface area contributed by atoms with E-state index in [1.54, 1.807) is 6.07 Å². The molecule has 1 aliphatic rings. The Balaban J connectivity index is 1.96. The average molecular weight is 207 g/mol. The van der Waals surface area contributed by atoms with Gasteiger partial charge in [-0.3, -0.25) is 0 Å². The Morgan fingerprint density at radius 2 is 2.20 bits per heavy atom. The number of anilines is 1. The van der Waals surface area contributed by atoms with Gasteiger partial charge in [0.05, 0.1) is 13.2 Å². The van der Waals surface area contributed by atoms with Crippen molar-refractivity contribution in [2.75, 3.05) is 25.1 Å². The molecule has 1 saturated heterocycles. The highest BCUT2D eigenvalue weighted by molar-refractivity contribution is 5.50. The molecule has 0 radical (unpaired) electrons. The summed E-state index contributed by atoms with van der Waals surface area (Å²) in [5.41, 5.74) is 2.22. The molecule has 82 valence electrons. The maximum Gasteiger partial charge on any atom is 0.118 e. The summed E-state index contributed by atoms with van der Waals surface area (Å²) in [6, 6.07) is 5.57. The highest BCUT2D eigenvalue weighted by atomic mass is 16.5. The third kappa shape index (κ3) is 2.23. The Hall–Kier alpha value is -1.22. The van der Waals surface area contributed by atoms with Gasteiger partial charge < -0.3 is 15.2 Å². The number of phenols is 1. The van der Waals surface area contributed by atoms with Crippen molar-refractivity contribution >= 4 is 5.69 Å². The van der Waals surface area contributed by atoms with Gasteiger partial charge in [0.1, 0.15) is 5.75 Å². The first-order valence-corrected chi connectivity index (χ1v) is 5.20. The minimum atomic E-state index is 0.270. The van der Waals surface area contributed by atoms with Crippen molar-refractivity contribution < 1.29 is 9.84 Å². The number of nitrogens with one attached hydrogen (secondary N) is 1. The highest BCUT2D eigenvalue weighted by Gasteiger charge is 2.32. The van der Waals surface area contributed by atoms with E-state index < -0.39 is 0 Å². The van der Waals surface area contributed by atoms with Crippen LogP contribution in [-0.2, 0) is 4.74 Å². The number of aromatic hydroxyl groups is 1. The van der Waals surface area contributed by atoms with Gasteiger partial charge in [0.2, 0.25) is 0 Å². The van der Waals surface area contributed by atoms with Gasteiger partial charge in [-0.15, -0.1) is 0 Å². The molecule has 0 bridgehead atoms. The lowest BCUT2D eigenvalue weighted by Crippen LogP contribution is -2.45. The van der Waals surface area contributed by atoms with Crippen molar-refractivity contribution in [1.82, 2.24) is 0 Å². The highest BCUT2D eigenvalue weighted by Crippen LogP contribution is 2.27. The zero-order valence-corrected chi connectivity index (χ0v) is 9.21. The van der Waals surface area contributed by atoms with Crippen LogP contribution < -0.4 is 5.32 Å². The summed E-state index contributed by atoms with van der Waals surface area (Å²) < 4.78 is 5.19. The molecule has 2 N–H and O–H groups in total. The van der Waals surface area contributed by atoms with Gasteiger partial charge in [0.15, 0.2) is 0 Å².